The zero-order valence-electron chi connectivity index (χ0n) is 16.6. The molecule has 31 heavy (non-hydrogen) atoms. The van der Waals surface area contributed by atoms with Crippen molar-refractivity contribution < 1.29 is 9.47 Å². The highest BCUT2D eigenvalue weighted by atomic mass is 32.2. The Morgan fingerprint density at radius 3 is 3.00 bits per heavy atom. The van der Waals surface area contributed by atoms with Gasteiger partial charge in [0, 0.05) is 18.3 Å². The molecular weight excluding hydrogens is 436 g/mol. The number of nitrogens with zero attached hydrogens (tertiary/aromatic N) is 6. The smallest absolute Gasteiger partial charge is 0.275 e. The van der Waals surface area contributed by atoms with E-state index in [1.54, 1.807) is 13.0 Å². The summed E-state index contributed by atoms with van der Waals surface area (Å²) < 4.78 is 15.2. The van der Waals surface area contributed by atoms with Gasteiger partial charge in [-0.1, -0.05) is 41.3 Å². The topological polar surface area (TPSA) is 96.4 Å². The fraction of sp³-hybridized carbons (Fsp3) is 0.250. The van der Waals surface area contributed by atoms with Gasteiger partial charge in [-0.15, -0.1) is 16.8 Å². The Morgan fingerprint density at radius 2 is 2.16 bits per heavy atom. The molecule has 4 heterocycles. The molecule has 1 aliphatic heterocycles. The Balaban J connectivity index is 1.38. The van der Waals surface area contributed by atoms with Crippen LogP contribution in [0.3, 0.4) is 0 Å². The largest absolute Gasteiger partial charge is 0.485 e. The van der Waals surface area contributed by atoms with Gasteiger partial charge >= 0.3 is 0 Å². The second-order valence-electron chi connectivity index (χ2n) is 6.82. The first-order chi connectivity index (χ1) is 15.1. The van der Waals surface area contributed by atoms with Crippen LogP contribution in [0.1, 0.15) is 22.6 Å². The summed E-state index contributed by atoms with van der Waals surface area (Å²) in [5, 5.41) is 14.6. The Hall–Kier alpha value is -3.18. The van der Waals surface area contributed by atoms with Gasteiger partial charge in [-0.2, -0.15) is 9.61 Å². The summed E-state index contributed by atoms with van der Waals surface area (Å²) in [6.07, 6.45) is 1.42. The van der Waals surface area contributed by atoms with Gasteiger partial charge in [-0.05, 0) is 19.1 Å². The molecule has 1 aromatic carbocycles. The number of para-hydroxylation sites is 2. The molecule has 0 saturated heterocycles. The van der Waals surface area contributed by atoms with Crippen LogP contribution in [0, 0.1) is 6.92 Å². The Bertz CT molecular complexity index is 1330. The Kier molecular flexibility index (Phi) is 5.20. The normalized spacial score (nSPS) is 15.3. The number of rotatable bonds is 6. The van der Waals surface area contributed by atoms with Gasteiger partial charge in [0.2, 0.25) is 4.96 Å². The molecule has 1 aliphatic rings. The standard InChI is InChI=1S/C20H18N6O3S2/c1-3-8-25-18(15-10-28-13-6-4-5-7-14(13)29-15)22-23-20(25)30-11-16-24-26-17(27)9-12(2)21-19(26)31-16/h3-7,9,15H,1,8,10-11H2,2H3. The van der Waals surface area contributed by atoms with Crippen molar-refractivity contribution in [2.75, 3.05) is 6.61 Å². The molecule has 3 aromatic heterocycles. The lowest BCUT2D eigenvalue weighted by molar-refractivity contribution is 0.0821. The van der Waals surface area contributed by atoms with Crippen molar-refractivity contribution in [2.24, 2.45) is 0 Å². The molecular formula is C20H18N6O3S2. The number of hydrogen-bond acceptors (Lipinski definition) is 9. The minimum Gasteiger partial charge on any atom is -0.485 e. The second-order valence-corrected chi connectivity index (χ2v) is 8.80. The van der Waals surface area contributed by atoms with Crippen LogP contribution in [0.2, 0.25) is 0 Å². The summed E-state index contributed by atoms with van der Waals surface area (Å²) in [4.78, 5) is 17.0. The maximum Gasteiger partial charge on any atom is 0.275 e. The van der Waals surface area contributed by atoms with E-state index in [9.17, 15) is 4.79 Å². The average molecular weight is 455 g/mol. The van der Waals surface area contributed by atoms with E-state index < -0.39 is 0 Å². The van der Waals surface area contributed by atoms with Crippen LogP contribution in [-0.2, 0) is 12.3 Å². The summed E-state index contributed by atoms with van der Waals surface area (Å²) in [6.45, 7) is 6.53. The Morgan fingerprint density at radius 1 is 1.32 bits per heavy atom. The van der Waals surface area contributed by atoms with Crippen LogP contribution in [0.25, 0.3) is 4.96 Å². The molecule has 1 unspecified atom stereocenters. The van der Waals surface area contributed by atoms with E-state index in [-0.39, 0.29) is 11.7 Å². The average Bonchev–Trinajstić information content (AvgIpc) is 3.36. The van der Waals surface area contributed by atoms with Crippen LogP contribution in [0.5, 0.6) is 11.5 Å². The first-order valence-corrected chi connectivity index (χ1v) is 11.3. The predicted molar refractivity (Wildman–Crippen MR) is 117 cm³/mol. The summed E-state index contributed by atoms with van der Waals surface area (Å²) in [5.74, 6) is 2.61. The summed E-state index contributed by atoms with van der Waals surface area (Å²) >= 11 is 2.87. The zero-order valence-corrected chi connectivity index (χ0v) is 18.2. The van der Waals surface area contributed by atoms with Crippen LogP contribution in [0.15, 0.2) is 52.9 Å². The van der Waals surface area contributed by atoms with Gasteiger partial charge in [0.1, 0.15) is 11.6 Å². The minimum absolute atomic E-state index is 0.179. The molecule has 0 bridgehead atoms. The molecule has 5 rings (SSSR count). The molecule has 0 radical (unpaired) electrons. The molecule has 0 aliphatic carbocycles. The SMILES string of the molecule is C=CCn1c(SCc2nn3c(=O)cc(C)nc3s2)nnc1C1COc2ccccc2O1. The minimum atomic E-state index is -0.370. The number of ether oxygens (including phenoxy) is 2. The van der Waals surface area contributed by atoms with Crippen molar-refractivity contribution in [2.45, 2.75) is 30.5 Å². The molecule has 0 saturated carbocycles. The zero-order chi connectivity index (χ0) is 21.4. The van der Waals surface area contributed by atoms with E-state index >= 15 is 0 Å². The number of fused-ring (bicyclic) bond motifs is 2. The van der Waals surface area contributed by atoms with E-state index in [4.69, 9.17) is 9.47 Å². The van der Waals surface area contributed by atoms with Crippen molar-refractivity contribution in [3.63, 3.8) is 0 Å². The molecule has 158 valence electrons. The molecule has 1 atom stereocenters. The number of allylic oxidation sites excluding steroid dienone is 1. The van der Waals surface area contributed by atoms with Gasteiger partial charge < -0.3 is 9.47 Å². The molecule has 9 nitrogen and oxygen atoms in total. The fourth-order valence-electron chi connectivity index (χ4n) is 3.24. The van der Waals surface area contributed by atoms with Gasteiger partial charge in [0.05, 0.1) is 5.75 Å². The third-order valence-electron chi connectivity index (χ3n) is 4.59. The quantitative estimate of drug-likeness (QED) is 0.324. The van der Waals surface area contributed by atoms with E-state index in [1.807, 2.05) is 28.8 Å². The summed E-state index contributed by atoms with van der Waals surface area (Å²) in [6, 6.07) is 9.03. The highest BCUT2D eigenvalue weighted by Gasteiger charge is 2.28. The number of thioether (sulfide) groups is 1. The van der Waals surface area contributed by atoms with Crippen LogP contribution in [-0.4, -0.2) is 36.0 Å². The maximum absolute atomic E-state index is 12.1. The monoisotopic (exact) mass is 454 g/mol. The molecule has 0 N–H and O–H groups in total. The summed E-state index contributed by atoms with van der Waals surface area (Å²) in [7, 11) is 0. The first-order valence-electron chi connectivity index (χ1n) is 9.54. The molecule has 0 amide bonds. The van der Waals surface area contributed by atoms with Crippen LogP contribution < -0.4 is 15.0 Å². The van der Waals surface area contributed by atoms with Crippen molar-refractivity contribution in [3.05, 3.63) is 69.9 Å². The first kappa shape index (κ1) is 19.8. The maximum atomic E-state index is 12.1. The highest BCUT2D eigenvalue weighted by Crippen LogP contribution is 2.36. The van der Waals surface area contributed by atoms with Crippen molar-refractivity contribution >= 4 is 28.1 Å². The molecule has 11 heteroatoms. The van der Waals surface area contributed by atoms with E-state index in [2.05, 4.69) is 26.9 Å². The fourth-order valence-corrected chi connectivity index (χ4v) is 5.12. The van der Waals surface area contributed by atoms with Gasteiger partial charge in [-0.25, -0.2) is 4.98 Å². The van der Waals surface area contributed by atoms with Crippen molar-refractivity contribution in [1.29, 1.82) is 0 Å². The third kappa shape index (κ3) is 3.81. The van der Waals surface area contributed by atoms with Crippen molar-refractivity contribution in [1.82, 2.24) is 29.4 Å². The highest BCUT2D eigenvalue weighted by molar-refractivity contribution is 7.98. The Labute approximate surface area is 185 Å². The van der Waals surface area contributed by atoms with E-state index in [0.29, 0.717) is 46.3 Å². The second kappa shape index (κ2) is 8.16. The molecule has 4 aromatic rings. The lowest BCUT2D eigenvalue weighted by Crippen LogP contribution is -2.25. The van der Waals surface area contributed by atoms with Crippen LogP contribution >= 0.6 is 23.1 Å². The molecule has 0 fully saturated rings. The predicted octanol–water partition coefficient (Wildman–Crippen LogP) is 3.04. The molecule has 0 spiro atoms. The van der Waals surface area contributed by atoms with Gasteiger partial charge in [0.25, 0.3) is 5.56 Å². The lowest BCUT2D eigenvalue weighted by Gasteiger charge is -2.26. The lowest BCUT2D eigenvalue weighted by atomic mass is 10.2. The number of benzene rings is 1. The van der Waals surface area contributed by atoms with Gasteiger partial charge in [-0.3, -0.25) is 9.36 Å². The van der Waals surface area contributed by atoms with Crippen LogP contribution in [0.4, 0.5) is 0 Å². The van der Waals surface area contributed by atoms with Crippen molar-refractivity contribution in [3.8, 4) is 11.5 Å². The number of hydrogen-bond donors (Lipinski definition) is 0. The number of aromatic nitrogens is 6. The number of aryl methyl sites for hydroxylation is 1. The van der Waals surface area contributed by atoms with E-state index in [1.165, 1.54) is 33.7 Å². The van der Waals surface area contributed by atoms with Gasteiger partial charge in [0.15, 0.2) is 28.6 Å². The third-order valence-corrected chi connectivity index (χ3v) is 6.66. The summed E-state index contributed by atoms with van der Waals surface area (Å²) in [5.41, 5.74) is 0.501. The van der Waals surface area contributed by atoms with E-state index in [0.717, 1.165) is 10.8 Å².